The Labute approximate surface area is 109 Å². The molecule has 2 aromatic carbocycles. The molecule has 0 unspecified atom stereocenters. The summed E-state index contributed by atoms with van der Waals surface area (Å²) in [5.41, 5.74) is 5.09. The van der Waals surface area contributed by atoms with Crippen molar-refractivity contribution in [2.24, 2.45) is 0 Å². The summed E-state index contributed by atoms with van der Waals surface area (Å²) in [5.74, 6) is 0. The van der Waals surface area contributed by atoms with Crippen molar-refractivity contribution < 1.29 is 0 Å². The predicted molar refractivity (Wildman–Crippen MR) is 80.4 cm³/mol. The largest absolute Gasteiger partial charge is 0.0622 e. The Bertz CT molecular complexity index is 540. The highest BCUT2D eigenvalue weighted by Gasteiger charge is 1.90. The zero-order valence-corrected chi connectivity index (χ0v) is 10.9. The van der Waals surface area contributed by atoms with Crippen molar-refractivity contribution in [2.45, 2.75) is 13.8 Å². The van der Waals surface area contributed by atoms with Crippen molar-refractivity contribution in [3.8, 4) is 0 Å². The first-order chi connectivity index (χ1) is 8.74. The number of benzene rings is 2. The topological polar surface area (TPSA) is 0 Å². The molecule has 2 aromatic rings. The van der Waals surface area contributed by atoms with E-state index < -0.39 is 0 Å². The van der Waals surface area contributed by atoms with E-state index in [-0.39, 0.29) is 0 Å². The van der Waals surface area contributed by atoms with Gasteiger partial charge in [-0.25, -0.2) is 0 Å². The summed E-state index contributed by atoms with van der Waals surface area (Å²) < 4.78 is 0. The highest BCUT2D eigenvalue weighted by atomic mass is 14.0. The molecule has 18 heavy (non-hydrogen) atoms. The summed E-state index contributed by atoms with van der Waals surface area (Å²) in [6, 6.07) is 16.9. The number of hydrogen-bond acceptors (Lipinski definition) is 0. The van der Waals surface area contributed by atoms with Crippen molar-refractivity contribution in [1.29, 1.82) is 0 Å². The Kier molecular flexibility index (Phi) is 4.14. The van der Waals surface area contributed by atoms with E-state index >= 15 is 0 Å². The molecule has 0 heteroatoms. The molecule has 0 N–H and O–H groups in total. The van der Waals surface area contributed by atoms with Gasteiger partial charge in [0, 0.05) is 0 Å². The Morgan fingerprint density at radius 2 is 1.22 bits per heavy atom. The minimum atomic E-state index is 1.22. The normalized spacial score (nSPS) is 11.4. The van der Waals surface area contributed by atoms with Gasteiger partial charge in [-0.05, 0) is 25.0 Å². The SMILES string of the molecule is Cc1cc(C)cc(/C=C/C=C/c2ccccc2)c1. The fourth-order valence-electron chi connectivity index (χ4n) is 2.00. The first kappa shape index (κ1) is 12.4. The lowest BCUT2D eigenvalue weighted by Gasteiger charge is -1.99. The zero-order valence-electron chi connectivity index (χ0n) is 10.9. The molecule has 0 fully saturated rings. The lowest BCUT2D eigenvalue weighted by molar-refractivity contribution is 1.37. The summed E-state index contributed by atoms with van der Waals surface area (Å²) in [7, 11) is 0. The molecular formula is C18H18. The molecule has 0 heterocycles. The van der Waals surface area contributed by atoms with Crippen molar-refractivity contribution in [2.75, 3.05) is 0 Å². The van der Waals surface area contributed by atoms with Gasteiger partial charge in [0.25, 0.3) is 0 Å². The molecule has 0 radical (unpaired) electrons. The molecule has 0 aliphatic heterocycles. The Morgan fingerprint density at radius 1 is 0.667 bits per heavy atom. The first-order valence-corrected chi connectivity index (χ1v) is 6.22. The minimum absolute atomic E-state index is 1.22. The van der Waals surface area contributed by atoms with Gasteiger partial charge in [-0.3, -0.25) is 0 Å². The van der Waals surface area contributed by atoms with Crippen molar-refractivity contribution in [3.63, 3.8) is 0 Å². The van der Waals surface area contributed by atoms with Gasteiger partial charge < -0.3 is 0 Å². The zero-order chi connectivity index (χ0) is 12.8. The fraction of sp³-hybridized carbons (Fsp3) is 0.111. The standard InChI is InChI=1S/C18H18/c1-15-12-16(2)14-18(13-15)11-7-6-10-17-8-4-3-5-9-17/h3-14H,1-2H3/b10-6+,11-7+. The Balaban J connectivity index is 2.05. The number of aryl methyl sites for hydroxylation is 2. The molecular weight excluding hydrogens is 216 g/mol. The molecule has 0 amide bonds. The second kappa shape index (κ2) is 6.02. The van der Waals surface area contributed by atoms with Crippen LogP contribution in [-0.2, 0) is 0 Å². The van der Waals surface area contributed by atoms with Crippen LogP contribution >= 0.6 is 0 Å². The van der Waals surface area contributed by atoms with Crippen LogP contribution in [0, 0.1) is 13.8 Å². The summed E-state index contributed by atoms with van der Waals surface area (Å²) in [5, 5.41) is 0. The van der Waals surface area contributed by atoms with Gasteiger partial charge >= 0.3 is 0 Å². The Hall–Kier alpha value is -2.08. The average Bonchev–Trinajstić information content (AvgIpc) is 2.35. The molecule has 90 valence electrons. The van der Waals surface area contributed by atoms with Crippen LogP contribution in [0.15, 0.2) is 60.7 Å². The van der Waals surface area contributed by atoms with Crippen LogP contribution in [0.2, 0.25) is 0 Å². The number of allylic oxidation sites excluding steroid dienone is 2. The van der Waals surface area contributed by atoms with Crippen LogP contribution in [0.5, 0.6) is 0 Å². The average molecular weight is 234 g/mol. The maximum atomic E-state index is 2.19. The third-order valence-corrected chi connectivity index (χ3v) is 2.73. The van der Waals surface area contributed by atoms with Gasteiger partial charge in [-0.2, -0.15) is 0 Å². The van der Waals surface area contributed by atoms with Crippen LogP contribution in [0.4, 0.5) is 0 Å². The van der Waals surface area contributed by atoms with Gasteiger partial charge in [0.2, 0.25) is 0 Å². The fourth-order valence-corrected chi connectivity index (χ4v) is 2.00. The summed E-state index contributed by atoms with van der Waals surface area (Å²) in [6.45, 7) is 4.26. The van der Waals surface area contributed by atoms with E-state index in [1.54, 1.807) is 0 Å². The molecule has 0 nitrogen and oxygen atoms in total. The van der Waals surface area contributed by atoms with E-state index in [0.29, 0.717) is 0 Å². The minimum Gasteiger partial charge on any atom is -0.0622 e. The monoisotopic (exact) mass is 234 g/mol. The van der Waals surface area contributed by atoms with Gasteiger partial charge in [0.1, 0.15) is 0 Å². The van der Waals surface area contributed by atoms with Gasteiger partial charge in [0.15, 0.2) is 0 Å². The summed E-state index contributed by atoms with van der Waals surface area (Å²) >= 11 is 0. The van der Waals surface area contributed by atoms with E-state index in [0.717, 1.165) is 0 Å². The Morgan fingerprint density at radius 3 is 1.83 bits per heavy atom. The highest BCUT2D eigenvalue weighted by molar-refractivity contribution is 5.58. The molecule has 0 saturated carbocycles. The molecule has 0 aromatic heterocycles. The molecule has 0 aliphatic carbocycles. The van der Waals surface area contributed by atoms with E-state index in [1.165, 1.54) is 22.3 Å². The van der Waals surface area contributed by atoms with Gasteiger partial charge in [-0.1, -0.05) is 84.0 Å². The quantitative estimate of drug-likeness (QED) is 0.653. The summed E-state index contributed by atoms with van der Waals surface area (Å²) in [4.78, 5) is 0. The van der Waals surface area contributed by atoms with Gasteiger partial charge in [-0.15, -0.1) is 0 Å². The molecule has 0 atom stereocenters. The van der Waals surface area contributed by atoms with Crippen LogP contribution in [0.25, 0.3) is 12.2 Å². The predicted octanol–water partition coefficient (Wildman–Crippen LogP) is 5.03. The smallest absolute Gasteiger partial charge is 0.0251 e. The maximum Gasteiger partial charge on any atom is -0.0251 e. The molecule has 0 spiro atoms. The second-order valence-electron chi connectivity index (χ2n) is 4.55. The van der Waals surface area contributed by atoms with Crippen molar-refractivity contribution in [3.05, 3.63) is 82.9 Å². The molecule has 0 aliphatic rings. The lowest BCUT2D eigenvalue weighted by atomic mass is 10.1. The highest BCUT2D eigenvalue weighted by Crippen LogP contribution is 2.10. The van der Waals surface area contributed by atoms with Crippen molar-refractivity contribution >= 4 is 12.2 Å². The second-order valence-corrected chi connectivity index (χ2v) is 4.55. The molecule has 0 saturated heterocycles. The van der Waals surface area contributed by atoms with Crippen molar-refractivity contribution in [1.82, 2.24) is 0 Å². The first-order valence-electron chi connectivity index (χ1n) is 6.22. The van der Waals surface area contributed by atoms with Crippen LogP contribution in [-0.4, -0.2) is 0 Å². The van der Waals surface area contributed by atoms with Crippen LogP contribution in [0.3, 0.4) is 0 Å². The number of rotatable bonds is 3. The molecule has 2 rings (SSSR count). The number of hydrogen-bond donors (Lipinski definition) is 0. The van der Waals surface area contributed by atoms with E-state index in [4.69, 9.17) is 0 Å². The van der Waals surface area contributed by atoms with E-state index in [9.17, 15) is 0 Å². The van der Waals surface area contributed by atoms with Crippen LogP contribution < -0.4 is 0 Å². The van der Waals surface area contributed by atoms with E-state index in [1.807, 2.05) is 18.2 Å². The third kappa shape index (κ3) is 3.74. The third-order valence-electron chi connectivity index (χ3n) is 2.73. The molecule has 0 bridgehead atoms. The van der Waals surface area contributed by atoms with Crippen LogP contribution in [0.1, 0.15) is 22.3 Å². The van der Waals surface area contributed by atoms with Gasteiger partial charge in [0.05, 0.1) is 0 Å². The lowest BCUT2D eigenvalue weighted by Crippen LogP contribution is -1.79. The summed E-state index contributed by atoms with van der Waals surface area (Å²) in [6.07, 6.45) is 8.41. The maximum absolute atomic E-state index is 2.19. The van der Waals surface area contributed by atoms with E-state index in [2.05, 4.69) is 68.5 Å².